The molecular formula is C23H22F2N2O3S. The maximum atomic E-state index is 14.0. The molecule has 5 nitrogen and oxygen atoms in total. The van der Waals surface area contributed by atoms with Crippen LogP contribution in [0.4, 0.5) is 8.78 Å². The molecule has 1 aromatic heterocycles. The van der Waals surface area contributed by atoms with Crippen LogP contribution in [0.5, 0.6) is 0 Å². The summed E-state index contributed by atoms with van der Waals surface area (Å²) in [5.41, 5.74) is 0.446. The van der Waals surface area contributed by atoms with Crippen molar-refractivity contribution in [2.75, 3.05) is 6.26 Å². The molecule has 1 aliphatic carbocycles. The largest absolute Gasteiger partial charge is 0.275 e. The molecule has 0 aliphatic heterocycles. The van der Waals surface area contributed by atoms with Gasteiger partial charge in [0.05, 0.1) is 17.1 Å². The van der Waals surface area contributed by atoms with E-state index in [2.05, 4.69) is 5.10 Å². The molecule has 0 N–H and O–H groups in total. The molecule has 0 amide bonds. The zero-order chi connectivity index (χ0) is 22.4. The van der Waals surface area contributed by atoms with Crippen LogP contribution in [0.2, 0.25) is 0 Å². The molecule has 1 unspecified atom stereocenters. The van der Waals surface area contributed by atoms with Gasteiger partial charge in [-0.2, -0.15) is 5.10 Å². The van der Waals surface area contributed by atoms with E-state index in [0.29, 0.717) is 16.6 Å². The lowest BCUT2D eigenvalue weighted by molar-refractivity contribution is 0.0176. The maximum Gasteiger partial charge on any atom is 0.275 e. The van der Waals surface area contributed by atoms with E-state index in [1.165, 1.54) is 29.0 Å². The molecule has 3 aromatic rings. The van der Waals surface area contributed by atoms with Crippen molar-refractivity contribution in [3.8, 4) is 11.3 Å². The molecule has 0 saturated heterocycles. The highest BCUT2D eigenvalue weighted by atomic mass is 32.2. The van der Waals surface area contributed by atoms with Gasteiger partial charge in [-0.15, -0.1) is 0 Å². The van der Waals surface area contributed by atoms with E-state index in [-0.39, 0.29) is 16.9 Å². The van der Waals surface area contributed by atoms with Gasteiger partial charge in [0, 0.05) is 35.1 Å². The van der Waals surface area contributed by atoms with Crippen LogP contribution in [-0.4, -0.2) is 24.5 Å². The van der Waals surface area contributed by atoms with Crippen LogP contribution in [0.25, 0.3) is 22.0 Å². The first-order valence-corrected chi connectivity index (χ1v) is 11.9. The van der Waals surface area contributed by atoms with Crippen molar-refractivity contribution in [2.24, 2.45) is 5.92 Å². The summed E-state index contributed by atoms with van der Waals surface area (Å²) in [5.74, 6) is -2.96. The average Bonchev–Trinajstić information content (AvgIpc) is 3.53. The first kappa shape index (κ1) is 21.4. The van der Waals surface area contributed by atoms with Crippen molar-refractivity contribution in [1.29, 1.82) is 0 Å². The van der Waals surface area contributed by atoms with Crippen molar-refractivity contribution in [1.82, 2.24) is 9.78 Å². The van der Waals surface area contributed by atoms with E-state index in [1.54, 1.807) is 24.3 Å². The Morgan fingerprint density at radius 3 is 2.39 bits per heavy atom. The van der Waals surface area contributed by atoms with Crippen molar-refractivity contribution >= 4 is 20.6 Å². The Labute approximate surface area is 178 Å². The van der Waals surface area contributed by atoms with Gasteiger partial charge in [-0.3, -0.25) is 4.79 Å². The summed E-state index contributed by atoms with van der Waals surface area (Å²) in [6.45, 7) is 0.810. The Balaban J connectivity index is 2.01. The Hall–Kier alpha value is -2.87. The molecule has 162 valence electrons. The normalized spacial score (nSPS) is 16.1. The number of nitrogens with zero attached hydrogens (tertiary/aromatic N) is 2. The lowest BCUT2D eigenvalue weighted by atomic mass is 10.00. The first-order valence-electron chi connectivity index (χ1n) is 9.93. The molecule has 1 atom stereocenters. The number of alkyl halides is 2. The minimum atomic E-state index is -3.38. The summed E-state index contributed by atoms with van der Waals surface area (Å²) in [6, 6.07) is 12.5. The van der Waals surface area contributed by atoms with Crippen LogP contribution in [0.15, 0.2) is 64.8 Å². The first-order chi connectivity index (χ1) is 14.5. The third-order valence-electron chi connectivity index (χ3n) is 5.39. The van der Waals surface area contributed by atoms with E-state index >= 15 is 0 Å². The summed E-state index contributed by atoms with van der Waals surface area (Å²) >= 11 is 0. The second kappa shape index (κ2) is 7.67. The highest BCUT2D eigenvalue weighted by Gasteiger charge is 2.33. The fourth-order valence-corrected chi connectivity index (χ4v) is 4.09. The van der Waals surface area contributed by atoms with Gasteiger partial charge in [0.25, 0.3) is 11.5 Å². The van der Waals surface area contributed by atoms with Crippen molar-refractivity contribution in [3.63, 3.8) is 0 Å². The second-order valence-electron chi connectivity index (χ2n) is 8.10. The Morgan fingerprint density at radius 2 is 1.81 bits per heavy atom. The van der Waals surface area contributed by atoms with Crippen molar-refractivity contribution in [2.45, 2.75) is 31.7 Å². The molecule has 4 rings (SSSR count). The Kier molecular flexibility index (Phi) is 5.29. The molecule has 8 heteroatoms. The monoisotopic (exact) mass is 444 g/mol. The molecule has 1 aliphatic rings. The predicted molar refractivity (Wildman–Crippen MR) is 117 cm³/mol. The van der Waals surface area contributed by atoms with Gasteiger partial charge >= 0.3 is 0 Å². The number of halogens is 2. The van der Waals surface area contributed by atoms with E-state index in [0.717, 1.165) is 31.4 Å². The van der Waals surface area contributed by atoms with Crippen molar-refractivity contribution < 1.29 is 17.2 Å². The molecule has 1 heterocycles. The molecular weight excluding hydrogens is 422 g/mol. The lowest BCUT2D eigenvalue weighted by Gasteiger charge is -2.19. The Morgan fingerprint density at radius 1 is 1.13 bits per heavy atom. The van der Waals surface area contributed by atoms with E-state index < -0.39 is 27.4 Å². The van der Waals surface area contributed by atoms with Crippen molar-refractivity contribution in [3.05, 3.63) is 75.9 Å². The fourth-order valence-electron chi connectivity index (χ4n) is 3.64. The predicted octanol–water partition coefficient (Wildman–Crippen LogP) is 4.68. The number of benzene rings is 2. The zero-order valence-corrected chi connectivity index (χ0v) is 17.9. The summed E-state index contributed by atoms with van der Waals surface area (Å²) < 4.78 is 52.6. The van der Waals surface area contributed by atoms with Crippen LogP contribution in [0.1, 0.15) is 31.4 Å². The molecule has 2 aromatic carbocycles. The molecule has 1 fully saturated rings. The summed E-state index contributed by atoms with van der Waals surface area (Å²) in [7, 11) is -3.38. The highest BCUT2D eigenvalue weighted by molar-refractivity contribution is 7.93. The summed E-state index contributed by atoms with van der Waals surface area (Å²) in [5, 5.41) is 6.27. The van der Waals surface area contributed by atoms with Gasteiger partial charge in [0.2, 0.25) is 0 Å². The lowest BCUT2D eigenvalue weighted by Crippen LogP contribution is -2.28. The van der Waals surface area contributed by atoms with Crippen LogP contribution in [0.3, 0.4) is 0 Å². The van der Waals surface area contributed by atoms with Gasteiger partial charge in [0.15, 0.2) is 9.84 Å². The molecule has 1 saturated carbocycles. The summed E-state index contributed by atoms with van der Waals surface area (Å²) in [4.78, 5) is 13.3. The van der Waals surface area contributed by atoms with Gasteiger partial charge in [-0.25, -0.2) is 21.9 Å². The smallest absolute Gasteiger partial charge is 0.267 e. The molecule has 0 bridgehead atoms. The van der Waals surface area contributed by atoms with E-state index in [4.69, 9.17) is 0 Å². The fraction of sp³-hybridized carbons (Fsp3) is 0.304. The van der Waals surface area contributed by atoms with Gasteiger partial charge in [-0.1, -0.05) is 36.4 Å². The van der Waals surface area contributed by atoms with Gasteiger partial charge < -0.3 is 0 Å². The average molecular weight is 445 g/mol. The molecule has 0 radical (unpaired) electrons. The number of rotatable bonds is 6. The minimum absolute atomic E-state index is 0.100. The number of allylic oxidation sites excluding steroid dienone is 1. The van der Waals surface area contributed by atoms with Crippen LogP contribution < -0.4 is 5.56 Å². The van der Waals surface area contributed by atoms with Gasteiger partial charge in [0.1, 0.15) is 0 Å². The standard InChI is InChI=1S/C23H22F2N2O3S/c1-23(24,25)17-10-11-18-19(14-17)21(16-6-4-3-5-7-16)26-27(22(18)28)20(15-8-9-15)12-13-31(2,29)30/h3-7,10-15,20H,8-9H2,1-2H3/b13-12+. The number of hydrogen-bond acceptors (Lipinski definition) is 4. The topological polar surface area (TPSA) is 69.0 Å². The zero-order valence-electron chi connectivity index (χ0n) is 17.1. The molecule has 31 heavy (non-hydrogen) atoms. The SMILES string of the molecule is CC(F)(F)c1ccc2c(=O)n(C(/C=C/S(C)(=O)=O)C3CC3)nc(-c3ccccc3)c2c1. The highest BCUT2D eigenvalue weighted by Crippen LogP contribution is 2.40. The third-order valence-corrected chi connectivity index (χ3v) is 6.04. The van der Waals surface area contributed by atoms with Gasteiger partial charge in [-0.05, 0) is 37.0 Å². The second-order valence-corrected chi connectivity index (χ2v) is 10.0. The maximum absolute atomic E-state index is 14.0. The number of aromatic nitrogens is 2. The number of hydrogen-bond donors (Lipinski definition) is 0. The van der Waals surface area contributed by atoms with Crippen LogP contribution >= 0.6 is 0 Å². The Bertz CT molecular complexity index is 1320. The quantitative estimate of drug-likeness (QED) is 0.553. The summed E-state index contributed by atoms with van der Waals surface area (Å²) in [6.07, 6.45) is 4.29. The van der Waals surface area contributed by atoms with E-state index in [9.17, 15) is 22.0 Å². The van der Waals surface area contributed by atoms with Crippen LogP contribution in [0, 0.1) is 5.92 Å². The van der Waals surface area contributed by atoms with Crippen LogP contribution in [-0.2, 0) is 15.8 Å². The number of sulfone groups is 1. The van der Waals surface area contributed by atoms with E-state index in [1.807, 2.05) is 6.07 Å². The molecule has 0 spiro atoms. The third kappa shape index (κ3) is 4.58. The minimum Gasteiger partial charge on any atom is -0.267 e. The number of fused-ring (bicyclic) bond motifs is 1.